The van der Waals surface area contributed by atoms with Gasteiger partial charge in [0, 0.05) is 23.8 Å². The Hall–Kier alpha value is -1.36. The number of carbonyl (C=O) groups is 1. The minimum absolute atomic E-state index is 0.0439. The van der Waals surface area contributed by atoms with Crippen molar-refractivity contribution in [1.29, 1.82) is 0 Å². The summed E-state index contributed by atoms with van der Waals surface area (Å²) in [7, 11) is 0. The van der Waals surface area contributed by atoms with E-state index in [0.717, 1.165) is 43.7 Å². The molecule has 1 rings (SSSR count). The monoisotopic (exact) mass is 294 g/mol. The predicted octanol–water partition coefficient (Wildman–Crippen LogP) is 2.30. The van der Waals surface area contributed by atoms with Crippen LogP contribution in [0.2, 0.25) is 0 Å². The first-order valence-electron chi connectivity index (χ1n) is 8.06. The molecule has 1 amide bonds. The fraction of sp³-hybridized carbons (Fsp3) is 0.750. The minimum atomic E-state index is 0.0439. The van der Waals surface area contributed by atoms with Crippen molar-refractivity contribution in [3.63, 3.8) is 0 Å². The van der Waals surface area contributed by atoms with Crippen LogP contribution in [0.3, 0.4) is 0 Å². The molecule has 0 aliphatic carbocycles. The number of amides is 1. The maximum absolute atomic E-state index is 12.1. The molecule has 0 radical (unpaired) electrons. The van der Waals surface area contributed by atoms with Gasteiger partial charge in [-0.15, -0.1) is 0 Å². The lowest BCUT2D eigenvalue weighted by Gasteiger charge is -2.15. The maximum atomic E-state index is 12.1. The van der Waals surface area contributed by atoms with E-state index in [9.17, 15) is 4.79 Å². The summed E-state index contributed by atoms with van der Waals surface area (Å²) in [6.45, 7) is 12.5. The van der Waals surface area contributed by atoms with Crippen LogP contribution in [0.1, 0.15) is 57.0 Å². The summed E-state index contributed by atoms with van der Waals surface area (Å²) < 4.78 is 1.82. The number of aromatic nitrogens is 2. The highest BCUT2D eigenvalue weighted by atomic mass is 16.2. The Morgan fingerprint density at radius 2 is 1.90 bits per heavy atom. The van der Waals surface area contributed by atoms with E-state index >= 15 is 0 Å². The topological polar surface area (TPSA) is 59.0 Å². The van der Waals surface area contributed by atoms with E-state index in [4.69, 9.17) is 0 Å². The summed E-state index contributed by atoms with van der Waals surface area (Å²) in [6.07, 6.45) is 3.04. The van der Waals surface area contributed by atoms with Gasteiger partial charge >= 0.3 is 0 Å². The van der Waals surface area contributed by atoms with E-state index in [2.05, 4.69) is 36.5 Å². The highest BCUT2D eigenvalue weighted by molar-refractivity contribution is 5.76. The lowest BCUT2D eigenvalue weighted by molar-refractivity contribution is -0.122. The molecule has 0 aliphatic rings. The zero-order valence-corrected chi connectivity index (χ0v) is 14.1. The Morgan fingerprint density at radius 1 is 1.24 bits per heavy atom. The smallest absolute Gasteiger partial charge is 0.241 e. The Morgan fingerprint density at radius 3 is 2.48 bits per heavy atom. The lowest BCUT2D eigenvalue weighted by atomic mass is 10.2. The van der Waals surface area contributed by atoms with Crippen molar-refractivity contribution in [2.24, 2.45) is 0 Å². The van der Waals surface area contributed by atoms with Gasteiger partial charge in [0.2, 0.25) is 5.91 Å². The number of hydrogen-bond acceptors (Lipinski definition) is 3. The van der Waals surface area contributed by atoms with Crippen molar-refractivity contribution in [2.75, 3.05) is 6.54 Å². The van der Waals surface area contributed by atoms with Crippen molar-refractivity contribution in [3.05, 3.63) is 17.0 Å². The highest BCUT2D eigenvalue weighted by Crippen LogP contribution is 2.12. The van der Waals surface area contributed by atoms with Crippen LogP contribution in [0.15, 0.2) is 0 Å². The molecule has 0 spiro atoms. The normalized spacial score (nSPS) is 11.1. The van der Waals surface area contributed by atoms with Crippen LogP contribution in [-0.4, -0.2) is 28.3 Å². The van der Waals surface area contributed by atoms with Crippen LogP contribution in [0.4, 0.5) is 0 Å². The number of rotatable bonds is 9. The van der Waals surface area contributed by atoms with Gasteiger partial charge in [-0.05, 0) is 39.7 Å². The molecule has 21 heavy (non-hydrogen) atoms. The average Bonchev–Trinajstić information content (AvgIpc) is 2.72. The van der Waals surface area contributed by atoms with Gasteiger partial charge in [0.25, 0.3) is 0 Å². The molecule has 5 heteroatoms. The first kappa shape index (κ1) is 17.7. The molecular weight excluding hydrogens is 264 g/mol. The van der Waals surface area contributed by atoms with Gasteiger partial charge in [-0.2, -0.15) is 5.10 Å². The molecule has 0 saturated carbocycles. The molecule has 1 aromatic rings. The molecule has 2 N–H and O–H groups in total. The van der Waals surface area contributed by atoms with Crippen LogP contribution in [-0.2, 0) is 17.9 Å². The SMILES string of the molecule is CCCNCc1c(C)nn(CC(=O)NC(CC)CC)c1C. The Labute approximate surface area is 128 Å². The van der Waals surface area contributed by atoms with E-state index in [0.29, 0.717) is 6.54 Å². The van der Waals surface area contributed by atoms with Crippen molar-refractivity contribution in [1.82, 2.24) is 20.4 Å². The standard InChI is InChI=1S/C16H30N4O/c1-6-9-17-10-15-12(4)19-20(13(15)5)11-16(21)18-14(7-2)8-3/h14,17H,6-11H2,1-5H3,(H,18,21). The molecule has 1 aromatic heterocycles. The molecule has 5 nitrogen and oxygen atoms in total. The van der Waals surface area contributed by atoms with Gasteiger partial charge < -0.3 is 10.6 Å². The minimum Gasteiger partial charge on any atom is -0.352 e. The van der Waals surface area contributed by atoms with Crippen molar-refractivity contribution in [2.45, 2.75) is 73.0 Å². The Kier molecular flexibility index (Phi) is 7.43. The molecule has 120 valence electrons. The third-order valence-corrected chi connectivity index (χ3v) is 3.90. The van der Waals surface area contributed by atoms with Crippen LogP contribution < -0.4 is 10.6 Å². The largest absolute Gasteiger partial charge is 0.352 e. The molecule has 0 fully saturated rings. The molecule has 0 unspecified atom stereocenters. The van der Waals surface area contributed by atoms with Gasteiger partial charge in [-0.3, -0.25) is 9.48 Å². The number of nitrogens with one attached hydrogen (secondary N) is 2. The van der Waals surface area contributed by atoms with Crippen molar-refractivity contribution in [3.8, 4) is 0 Å². The molecule has 1 heterocycles. The van der Waals surface area contributed by atoms with Crippen LogP contribution in [0.5, 0.6) is 0 Å². The number of carbonyl (C=O) groups excluding carboxylic acids is 1. The third-order valence-electron chi connectivity index (χ3n) is 3.90. The second-order valence-electron chi connectivity index (χ2n) is 5.56. The molecule has 0 bridgehead atoms. The molecule has 0 aliphatic heterocycles. The summed E-state index contributed by atoms with van der Waals surface area (Å²) in [5.74, 6) is 0.0439. The fourth-order valence-electron chi connectivity index (χ4n) is 2.44. The zero-order chi connectivity index (χ0) is 15.8. The zero-order valence-electron chi connectivity index (χ0n) is 14.1. The van der Waals surface area contributed by atoms with Gasteiger partial charge in [0.1, 0.15) is 6.54 Å². The second kappa shape index (κ2) is 8.82. The molecule has 0 saturated heterocycles. The van der Waals surface area contributed by atoms with E-state index < -0.39 is 0 Å². The summed E-state index contributed by atoms with van der Waals surface area (Å²) >= 11 is 0. The third kappa shape index (κ3) is 5.16. The Bertz CT molecular complexity index is 449. The van der Waals surface area contributed by atoms with Gasteiger partial charge in [-0.1, -0.05) is 20.8 Å². The predicted molar refractivity (Wildman–Crippen MR) is 86.2 cm³/mol. The quantitative estimate of drug-likeness (QED) is 0.687. The van der Waals surface area contributed by atoms with Crippen LogP contribution in [0.25, 0.3) is 0 Å². The van der Waals surface area contributed by atoms with E-state index in [1.165, 1.54) is 5.56 Å². The molecule has 0 aromatic carbocycles. The van der Waals surface area contributed by atoms with E-state index in [1.54, 1.807) is 0 Å². The first-order valence-corrected chi connectivity index (χ1v) is 8.06. The van der Waals surface area contributed by atoms with Crippen molar-refractivity contribution < 1.29 is 4.79 Å². The first-order chi connectivity index (χ1) is 10.0. The van der Waals surface area contributed by atoms with Gasteiger partial charge in [0.05, 0.1) is 5.69 Å². The maximum Gasteiger partial charge on any atom is 0.241 e. The summed E-state index contributed by atoms with van der Waals surface area (Å²) in [5.41, 5.74) is 3.29. The fourth-order valence-corrected chi connectivity index (χ4v) is 2.44. The Balaban J connectivity index is 2.67. The lowest BCUT2D eigenvalue weighted by Crippen LogP contribution is -2.36. The van der Waals surface area contributed by atoms with E-state index in [-0.39, 0.29) is 11.9 Å². The van der Waals surface area contributed by atoms with Crippen molar-refractivity contribution >= 4 is 5.91 Å². The highest BCUT2D eigenvalue weighted by Gasteiger charge is 2.14. The summed E-state index contributed by atoms with van der Waals surface area (Å²) in [4.78, 5) is 12.1. The summed E-state index contributed by atoms with van der Waals surface area (Å²) in [6, 6.07) is 0.264. The number of aryl methyl sites for hydroxylation is 1. The van der Waals surface area contributed by atoms with Crippen LogP contribution in [0, 0.1) is 13.8 Å². The average molecular weight is 294 g/mol. The van der Waals surface area contributed by atoms with Gasteiger partial charge in [-0.25, -0.2) is 0 Å². The van der Waals surface area contributed by atoms with E-state index in [1.807, 2.05) is 18.5 Å². The summed E-state index contributed by atoms with van der Waals surface area (Å²) in [5, 5.41) is 11.0. The number of nitrogens with zero attached hydrogens (tertiary/aromatic N) is 2. The van der Waals surface area contributed by atoms with Gasteiger partial charge in [0.15, 0.2) is 0 Å². The van der Waals surface area contributed by atoms with Crippen LogP contribution >= 0.6 is 0 Å². The second-order valence-corrected chi connectivity index (χ2v) is 5.56. The number of hydrogen-bond donors (Lipinski definition) is 2. The molecular formula is C16H30N4O. The molecule has 0 atom stereocenters.